The van der Waals surface area contributed by atoms with Crippen LogP contribution in [0.2, 0.25) is 0 Å². The van der Waals surface area contributed by atoms with Crippen LogP contribution in [-0.4, -0.2) is 37.3 Å². The first kappa shape index (κ1) is 20.6. The van der Waals surface area contributed by atoms with Gasteiger partial charge in [0.1, 0.15) is 12.4 Å². The van der Waals surface area contributed by atoms with Gasteiger partial charge in [0.05, 0.1) is 23.4 Å². The van der Waals surface area contributed by atoms with Crippen LogP contribution >= 0.6 is 11.3 Å². The molecule has 6 nitrogen and oxygen atoms in total. The summed E-state index contributed by atoms with van der Waals surface area (Å²) in [7, 11) is 1.78. The molecular formula is C21H30N4O2S. The number of thiazole rings is 1. The Bertz CT molecular complexity index is 784. The summed E-state index contributed by atoms with van der Waals surface area (Å²) in [6, 6.07) is 6.30. The Kier molecular flexibility index (Phi) is 7.68. The molecule has 1 atom stereocenters. The first-order valence-corrected chi connectivity index (χ1v) is 10.8. The van der Waals surface area contributed by atoms with Gasteiger partial charge in [0.2, 0.25) is 0 Å². The lowest BCUT2D eigenvalue weighted by atomic mass is 10.1. The van der Waals surface area contributed by atoms with Crippen LogP contribution in [0.15, 0.2) is 28.6 Å². The topological polar surface area (TPSA) is 67.8 Å². The van der Waals surface area contributed by atoms with Gasteiger partial charge in [-0.1, -0.05) is 19.1 Å². The van der Waals surface area contributed by atoms with Crippen molar-refractivity contribution in [3.8, 4) is 5.75 Å². The maximum absolute atomic E-state index is 6.08. The molecule has 3 rings (SSSR count). The molecule has 1 aromatic heterocycles. The van der Waals surface area contributed by atoms with Crippen molar-refractivity contribution in [3.63, 3.8) is 0 Å². The molecule has 2 aromatic rings. The number of aromatic nitrogens is 1. The minimum Gasteiger partial charge on any atom is -0.491 e. The van der Waals surface area contributed by atoms with Crippen molar-refractivity contribution < 1.29 is 9.47 Å². The molecule has 0 spiro atoms. The predicted octanol–water partition coefficient (Wildman–Crippen LogP) is 3.44. The van der Waals surface area contributed by atoms with Gasteiger partial charge < -0.3 is 20.1 Å². The quantitative estimate of drug-likeness (QED) is 0.523. The number of hydrogen-bond donors (Lipinski definition) is 2. The van der Waals surface area contributed by atoms with Crippen molar-refractivity contribution >= 4 is 17.3 Å². The highest BCUT2D eigenvalue weighted by Crippen LogP contribution is 2.22. The highest BCUT2D eigenvalue weighted by molar-refractivity contribution is 7.09. The van der Waals surface area contributed by atoms with Gasteiger partial charge in [0, 0.05) is 31.1 Å². The summed E-state index contributed by atoms with van der Waals surface area (Å²) >= 11 is 1.70. The monoisotopic (exact) mass is 402 g/mol. The molecule has 28 heavy (non-hydrogen) atoms. The molecule has 1 fully saturated rings. The standard InChI is InChI=1S/C21H30N4O2S/c1-4-20-25-17(14-28-20)12-24-21(22-3)23-11-16-8-7-15(2)10-19(16)27-13-18-6-5-9-26-18/h7-8,10,14,18H,4-6,9,11-13H2,1-3H3,(H2,22,23,24). The van der Waals surface area contributed by atoms with Gasteiger partial charge in [-0.2, -0.15) is 0 Å². The SMILES string of the molecule is CCc1nc(CNC(=NC)NCc2ccc(C)cc2OCC2CCCO2)cs1. The van der Waals surface area contributed by atoms with Gasteiger partial charge in [-0.15, -0.1) is 11.3 Å². The second kappa shape index (κ2) is 10.4. The fraction of sp³-hybridized carbons (Fsp3) is 0.524. The van der Waals surface area contributed by atoms with Gasteiger partial charge in [0.15, 0.2) is 5.96 Å². The van der Waals surface area contributed by atoms with E-state index in [1.165, 1.54) is 5.56 Å². The van der Waals surface area contributed by atoms with Crippen molar-refractivity contribution in [2.45, 2.75) is 52.3 Å². The molecule has 2 N–H and O–H groups in total. The first-order chi connectivity index (χ1) is 13.7. The highest BCUT2D eigenvalue weighted by Gasteiger charge is 2.17. The molecule has 1 aliphatic rings. The fourth-order valence-corrected chi connectivity index (χ4v) is 3.81. The van der Waals surface area contributed by atoms with Crippen LogP contribution in [-0.2, 0) is 24.2 Å². The first-order valence-electron chi connectivity index (χ1n) is 9.89. The fourth-order valence-electron chi connectivity index (χ4n) is 3.07. The molecule has 1 aromatic carbocycles. The number of benzene rings is 1. The van der Waals surface area contributed by atoms with Crippen molar-refractivity contribution in [3.05, 3.63) is 45.4 Å². The minimum absolute atomic E-state index is 0.210. The Morgan fingerprint density at radius 1 is 1.36 bits per heavy atom. The molecule has 0 bridgehead atoms. The maximum Gasteiger partial charge on any atom is 0.191 e. The molecule has 1 saturated heterocycles. The Morgan fingerprint density at radius 3 is 2.93 bits per heavy atom. The van der Waals surface area contributed by atoms with Gasteiger partial charge in [0.25, 0.3) is 0 Å². The normalized spacial score (nSPS) is 17.0. The van der Waals surface area contributed by atoms with E-state index in [1.807, 2.05) is 0 Å². The lowest BCUT2D eigenvalue weighted by Crippen LogP contribution is -2.36. The van der Waals surface area contributed by atoms with E-state index < -0.39 is 0 Å². The van der Waals surface area contributed by atoms with Crippen molar-refractivity contribution in [1.29, 1.82) is 0 Å². The third-order valence-electron chi connectivity index (χ3n) is 4.68. The summed E-state index contributed by atoms with van der Waals surface area (Å²) in [6.45, 7) is 6.94. The van der Waals surface area contributed by atoms with E-state index in [-0.39, 0.29) is 6.10 Å². The average Bonchev–Trinajstić information content (AvgIpc) is 3.39. The molecule has 2 heterocycles. The molecule has 152 valence electrons. The van der Waals surface area contributed by atoms with Gasteiger partial charge >= 0.3 is 0 Å². The van der Waals surface area contributed by atoms with Crippen molar-refractivity contribution in [1.82, 2.24) is 15.6 Å². The molecule has 0 saturated carbocycles. The summed E-state index contributed by atoms with van der Waals surface area (Å²) in [5.74, 6) is 1.65. The zero-order valence-electron chi connectivity index (χ0n) is 17.0. The van der Waals surface area contributed by atoms with Crippen LogP contribution in [0.1, 0.15) is 41.6 Å². The lowest BCUT2D eigenvalue weighted by Gasteiger charge is -2.17. The van der Waals surface area contributed by atoms with Crippen LogP contribution in [0.5, 0.6) is 5.75 Å². The second-order valence-corrected chi connectivity index (χ2v) is 7.87. The Balaban J connectivity index is 1.54. The molecule has 0 amide bonds. The van der Waals surface area contributed by atoms with Gasteiger partial charge in [-0.3, -0.25) is 4.99 Å². The molecule has 1 aliphatic heterocycles. The Labute approximate surface area is 171 Å². The van der Waals surface area contributed by atoms with Crippen LogP contribution in [0.25, 0.3) is 0 Å². The zero-order valence-corrected chi connectivity index (χ0v) is 17.8. The second-order valence-electron chi connectivity index (χ2n) is 6.92. The van der Waals surface area contributed by atoms with E-state index in [0.29, 0.717) is 19.7 Å². The van der Waals surface area contributed by atoms with Crippen molar-refractivity contribution in [2.24, 2.45) is 4.99 Å². The third kappa shape index (κ3) is 5.94. The van der Waals surface area contributed by atoms with Gasteiger partial charge in [-0.25, -0.2) is 4.98 Å². The lowest BCUT2D eigenvalue weighted by molar-refractivity contribution is 0.0676. The van der Waals surface area contributed by atoms with E-state index in [2.05, 4.69) is 58.0 Å². The minimum atomic E-state index is 0.210. The number of aliphatic imine (C=N–C) groups is 1. The summed E-state index contributed by atoms with van der Waals surface area (Å²) in [4.78, 5) is 8.89. The number of hydrogen-bond acceptors (Lipinski definition) is 5. The highest BCUT2D eigenvalue weighted by atomic mass is 32.1. The summed E-state index contributed by atoms with van der Waals surface area (Å²) < 4.78 is 11.7. The predicted molar refractivity (Wildman–Crippen MR) is 114 cm³/mol. The van der Waals surface area contributed by atoms with Gasteiger partial charge in [-0.05, 0) is 37.8 Å². The Hall–Kier alpha value is -2.12. The smallest absolute Gasteiger partial charge is 0.191 e. The van der Waals surface area contributed by atoms with E-state index >= 15 is 0 Å². The largest absolute Gasteiger partial charge is 0.491 e. The number of nitrogens with one attached hydrogen (secondary N) is 2. The van der Waals surface area contributed by atoms with Crippen molar-refractivity contribution in [2.75, 3.05) is 20.3 Å². The molecule has 7 heteroatoms. The third-order valence-corrected chi connectivity index (χ3v) is 5.72. The molecule has 1 unspecified atom stereocenters. The average molecular weight is 403 g/mol. The number of ether oxygens (including phenoxy) is 2. The van der Waals surface area contributed by atoms with E-state index in [9.17, 15) is 0 Å². The van der Waals surface area contributed by atoms with E-state index in [4.69, 9.17) is 9.47 Å². The van der Waals surface area contributed by atoms with Crippen LogP contribution < -0.4 is 15.4 Å². The Morgan fingerprint density at radius 2 is 2.21 bits per heavy atom. The maximum atomic E-state index is 6.08. The van der Waals surface area contributed by atoms with E-state index in [1.54, 1.807) is 18.4 Å². The zero-order chi connectivity index (χ0) is 19.8. The van der Waals surface area contributed by atoms with Crippen LogP contribution in [0.4, 0.5) is 0 Å². The number of aryl methyl sites for hydroxylation is 2. The summed E-state index contributed by atoms with van der Waals surface area (Å²) in [6.07, 6.45) is 3.38. The molecular weight excluding hydrogens is 372 g/mol. The van der Waals surface area contributed by atoms with E-state index in [0.717, 1.165) is 53.8 Å². The number of guanidine groups is 1. The number of rotatable bonds is 8. The summed E-state index contributed by atoms with van der Waals surface area (Å²) in [5, 5.41) is 9.94. The van der Waals surface area contributed by atoms with Crippen LogP contribution in [0.3, 0.4) is 0 Å². The van der Waals surface area contributed by atoms with Crippen LogP contribution in [0, 0.1) is 6.92 Å². The molecule has 0 aliphatic carbocycles. The molecule has 0 radical (unpaired) electrons. The number of nitrogens with zero attached hydrogens (tertiary/aromatic N) is 2. The summed E-state index contributed by atoms with van der Waals surface area (Å²) in [5.41, 5.74) is 3.33.